The Labute approximate surface area is 90.7 Å². The number of hydrazone groups is 1. The van der Waals surface area contributed by atoms with Crippen molar-refractivity contribution >= 4 is 6.21 Å². The second-order valence-corrected chi connectivity index (χ2v) is 3.24. The molecule has 0 spiro atoms. The molecule has 1 aromatic rings. The fraction of sp³-hybridized carbons (Fsp3) is 0.300. The molecule has 6 heteroatoms. The van der Waals surface area contributed by atoms with Crippen molar-refractivity contribution in [3.8, 4) is 5.75 Å². The number of nitrogens with zero attached hydrogens (tertiary/aromatic N) is 1. The Morgan fingerprint density at radius 2 is 2.19 bits per heavy atom. The molecule has 0 bridgehead atoms. The number of nitrogens with two attached hydrogens (primary N) is 1. The third-order valence-corrected chi connectivity index (χ3v) is 1.79. The molecule has 0 heterocycles. The summed E-state index contributed by atoms with van der Waals surface area (Å²) in [6.45, 7) is 0.668. The van der Waals surface area contributed by atoms with Gasteiger partial charge < -0.3 is 10.6 Å². The van der Waals surface area contributed by atoms with E-state index in [2.05, 4.69) is 9.84 Å². The lowest BCUT2D eigenvalue weighted by Crippen LogP contribution is -2.35. The molecule has 1 unspecified atom stereocenters. The molecule has 0 saturated carbocycles. The smallest absolute Gasteiger partial charge is 0.306 e. The first-order chi connectivity index (χ1) is 7.45. The van der Waals surface area contributed by atoms with Gasteiger partial charge in [0.1, 0.15) is 5.75 Å². The van der Waals surface area contributed by atoms with E-state index in [1.807, 2.05) is 0 Å². The highest BCUT2D eigenvalue weighted by Gasteiger charge is 2.37. The molecular weight excluding hydrogens is 221 g/mol. The van der Waals surface area contributed by atoms with E-state index in [-0.39, 0.29) is 5.75 Å². The van der Waals surface area contributed by atoms with Gasteiger partial charge in [-0.15, -0.1) is 0 Å². The predicted octanol–water partition coefficient (Wildman–Crippen LogP) is 2.31. The summed E-state index contributed by atoms with van der Waals surface area (Å²) in [5.74, 6) is 1.89. The summed E-state index contributed by atoms with van der Waals surface area (Å²) in [5.41, 5.74) is 0.532. The van der Waals surface area contributed by atoms with Gasteiger partial charge in [-0.3, -0.25) is 0 Å². The number of ether oxygens (including phenoxy) is 1. The Morgan fingerprint density at radius 1 is 1.50 bits per heavy atom. The molecule has 0 aliphatic carbocycles. The van der Waals surface area contributed by atoms with Gasteiger partial charge in [0.15, 0.2) is 0 Å². The number of rotatable bonds is 4. The highest BCUT2D eigenvalue weighted by molar-refractivity contribution is 5.79. The van der Waals surface area contributed by atoms with Gasteiger partial charge in [-0.2, -0.15) is 9.49 Å². The molecule has 0 aliphatic heterocycles. The van der Waals surface area contributed by atoms with Crippen LogP contribution in [0.3, 0.4) is 0 Å². The van der Waals surface area contributed by atoms with Crippen molar-refractivity contribution in [1.82, 2.24) is 0 Å². The summed E-state index contributed by atoms with van der Waals surface area (Å²) in [5, 5.41) is 3.26. The monoisotopic (exact) mass is 232 g/mol. The van der Waals surface area contributed by atoms with Crippen LogP contribution in [-0.4, -0.2) is 18.5 Å². The van der Waals surface area contributed by atoms with Gasteiger partial charge >= 0.3 is 12.3 Å². The van der Waals surface area contributed by atoms with E-state index >= 15 is 0 Å². The Morgan fingerprint density at radius 3 is 2.75 bits per heavy atom. The molecule has 1 rings (SSSR count). The highest BCUT2D eigenvalue weighted by Crippen LogP contribution is 2.25. The largest absolute Gasteiger partial charge is 0.453 e. The van der Waals surface area contributed by atoms with Crippen molar-refractivity contribution in [3.63, 3.8) is 0 Å². The third-order valence-electron chi connectivity index (χ3n) is 1.79. The maximum Gasteiger partial charge on any atom is 0.306 e. The summed E-state index contributed by atoms with van der Waals surface area (Å²) >= 11 is 0. The first kappa shape index (κ1) is 12.4. The minimum atomic E-state index is -3.22. The maximum atomic E-state index is 13.2. The van der Waals surface area contributed by atoms with Gasteiger partial charge in [-0.1, -0.05) is 12.1 Å². The molecule has 0 amide bonds. The Balaban J connectivity index is 2.85. The fourth-order valence-electron chi connectivity index (χ4n) is 1.02. The van der Waals surface area contributed by atoms with Crippen molar-refractivity contribution < 1.29 is 17.9 Å². The van der Waals surface area contributed by atoms with Crippen LogP contribution in [0.2, 0.25) is 0 Å². The van der Waals surface area contributed by atoms with E-state index in [1.165, 1.54) is 24.4 Å². The molecule has 88 valence electrons. The zero-order valence-electron chi connectivity index (χ0n) is 8.53. The topological polar surface area (TPSA) is 47.6 Å². The molecule has 16 heavy (non-hydrogen) atoms. The van der Waals surface area contributed by atoms with Gasteiger partial charge in [0.25, 0.3) is 0 Å². The fourth-order valence-corrected chi connectivity index (χ4v) is 1.02. The summed E-state index contributed by atoms with van der Waals surface area (Å²) < 4.78 is 42.1. The summed E-state index contributed by atoms with van der Waals surface area (Å²) in [6, 6.07) is 5.87. The van der Waals surface area contributed by atoms with Gasteiger partial charge in [-0.05, 0) is 17.7 Å². The lowest BCUT2D eigenvalue weighted by Gasteiger charge is -2.21. The van der Waals surface area contributed by atoms with E-state index in [4.69, 9.17) is 5.84 Å². The van der Waals surface area contributed by atoms with Crippen LogP contribution in [0.4, 0.5) is 13.2 Å². The molecule has 2 N–H and O–H groups in total. The molecule has 0 aromatic heterocycles. The number of hydrogen-bond acceptors (Lipinski definition) is 3. The van der Waals surface area contributed by atoms with Crippen LogP contribution in [0.15, 0.2) is 29.4 Å². The second-order valence-electron chi connectivity index (χ2n) is 3.24. The Bertz CT molecular complexity index is 380. The molecule has 0 fully saturated rings. The number of halogens is 3. The highest BCUT2D eigenvalue weighted by atomic mass is 19.3. The molecule has 0 aliphatic rings. The van der Waals surface area contributed by atoms with E-state index in [0.717, 1.165) is 0 Å². The van der Waals surface area contributed by atoms with E-state index in [1.54, 1.807) is 6.07 Å². The van der Waals surface area contributed by atoms with Crippen LogP contribution in [0.1, 0.15) is 12.5 Å². The number of benzene rings is 1. The lowest BCUT2D eigenvalue weighted by molar-refractivity contribution is -0.152. The van der Waals surface area contributed by atoms with E-state index in [0.29, 0.717) is 12.5 Å². The van der Waals surface area contributed by atoms with Crippen LogP contribution in [-0.2, 0) is 0 Å². The van der Waals surface area contributed by atoms with Gasteiger partial charge in [0.05, 0.1) is 6.21 Å². The lowest BCUT2D eigenvalue weighted by atomic mass is 10.2. The van der Waals surface area contributed by atoms with Gasteiger partial charge in [0, 0.05) is 6.92 Å². The molecule has 0 saturated heterocycles. The zero-order valence-corrected chi connectivity index (χ0v) is 8.53. The first-order valence-electron chi connectivity index (χ1n) is 4.45. The zero-order chi connectivity index (χ0) is 12.2. The van der Waals surface area contributed by atoms with Crippen LogP contribution in [0.25, 0.3) is 0 Å². The Kier molecular flexibility index (Phi) is 3.76. The Hall–Kier alpha value is -1.72. The van der Waals surface area contributed by atoms with Crippen molar-refractivity contribution in [1.29, 1.82) is 0 Å². The maximum absolute atomic E-state index is 13.2. The van der Waals surface area contributed by atoms with Gasteiger partial charge in [0.2, 0.25) is 0 Å². The van der Waals surface area contributed by atoms with E-state index in [9.17, 15) is 13.2 Å². The normalized spacial score (nSPS) is 15.3. The van der Waals surface area contributed by atoms with Crippen LogP contribution in [0.5, 0.6) is 5.75 Å². The minimum Gasteiger partial charge on any atom is -0.453 e. The molecule has 3 nitrogen and oxygen atoms in total. The van der Waals surface area contributed by atoms with Crippen molar-refractivity contribution in [2.24, 2.45) is 10.9 Å². The standard InChI is InChI=1S/C10H11F3N2O/c1-10(13,9(11)12)16-8-4-2-3-7(5-8)6-15-14/h2-6,9H,14H2,1H3/b15-6+. The summed E-state index contributed by atoms with van der Waals surface area (Å²) in [6.07, 6.45) is -1.93. The SMILES string of the molecule is CC(F)(Oc1cccc(/C=N/N)c1)C(F)F. The first-order valence-corrected chi connectivity index (χ1v) is 4.45. The number of hydrogen-bond donors (Lipinski definition) is 1. The minimum absolute atomic E-state index is 0.0114. The average molecular weight is 232 g/mol. The predicted molar refractivity (Wildman–Crippen MR) is 54.4 cm³/mol. The van der Waals surface area contributed by atoms with Crippen molar-refractivity contribution in [3.05, 3.63) is 29.8 Å². The molecule has 0 radical (unpaired) electrons. The quantitative estimate of drug-likeness (QED) is 0.492. The van der Waals surface area contributed by atoms with Crippen molar-refractivity contribution in [2.45, 2.75) is 19.2 Å². The second kappa shape index (κ2) is 4.87. The van der Waals surface area contributed by atoms with Crippen LogP contribution >= 0.6 is 0 Å². The molecule has 1 atom stereocenters. The summed E-state index contributed by atoms with van der Waals surface area (Å²) in [7, 11) is 0. The van der Waals surface area contributed by atoms with Gasteiger partial charge in [-0.25, -0.2) is 8.78 Å². The number of alkyl halides is 3. The summed E-state index contributed by atoms with van der Waals surface area (Å²) in [4.78, 5) is 0. The van der Waals surface area contributed by atoms with Crippen LogP contribution < -0.4 is 10.6 Å². The van der Waals surface area contributed by atoms with Crippen molar-refractivity contribution in [2.75, 3.05) is 0 Å². The third kappa shape index (κ3) is 3.15. The average Bonchev–Trinajstić information content (AvgIpc) is 2.17. The van der Waals surface area contributed by atoms with Crippen LogP contribution in [0, 0.1) is 0 Å². The van der Waals surface area contributed by atoms with E-state index < -0.39 is 12.3 Å². The molecular formula is C10H11F3N2O. The molecule has 1 aromatic carbocycles.